The quantitative estimate of drug-likeness (QED) is 0.651. The Morgan fingerprint density at radius 3 is 2.67 bits per heavy atom. The Labute approximate surface area is 92.0 Å². The number of ether oxygens (including phenoxy) is 1. The molecule has 0 unspecified atom stereocenters. The topological polar surface area (TPSA) is 26.3 Å². The molecule has 0 bridgehead atoms. The second kappa shape index (κ2) is 4.21. The lowest BCUT2D eigenvalue weighted by Crippen LogP contribution is -2.30. The molecule has 15 heavy (non-hydrogen) atoms. The van der Waals surface area contributed by atoms with Gasteiger partial charge < -0.3 is 4.74 Å². The van der Waals surface area contributed by atoms with Crippen molar-refractivity contribution in [2.24, 2.45) is 5.41 Å². The van der Waals surface area contributed by atoms with Crippen LogP contribution in [0.1, 0.15) is 40.5 Å². The van der Waals surface area contributed by atoms with Crippen LogP contribution in [0.25, 0.3) is 0 Å². The molecule has 0 aliphatic heterocycles. The summed E-state index contributed by atoms with van der Waals surface area (Å²) in [5.74, 6) is -0.206. The van der Waals surface area contributed by atoms with Gasteiger partial charge in [0.2, 0.25) is 0 Å². The van der Waals surface area contributed by atoms with Crippen molar-refractivity contribution >= 4 is 5.97 Å². The van der Waals surface area contributed by atoms with Gasteiger partial charge in [-0.3, -0.25) is 4.79 Å². The van der Waals surface area contributed by atoms with E-state index in [-0.39, 0.29) is 17.5 Å². The Hall–Kier alpha value is -1.05. The highest BCUT2D eigenvalue weighted by molar-refractivity contribution is 5.66. The van der Waals surface area contributed by atoms with E-state index >= 15 is 0 Å². The fraction of sp³-hybridized carbons (Fsp3) is 0.615. The largest absolute Gasteiger partial charge is 0.458 e. The van der Waals surface area contributed by atoms with Gasteiger partial charge in [-0.2, -0.15) is 0 Å². The molecule has 1 aliphatic carbocycles. The summed E-state index contributed by atoms with van der Waals surface area (Å²) in [4.78, 5) is 10.9. The van der Waals surface area contributed by atoms with Gasteiger partial charge in [0.05, 0.1) is 0 Å². The van der Waals surface area contributed by atoms with Crippen LogP contribution in [0.5, 0.6) is 0 Å². The highest BCUT2D eigenvalue weighted by Gasteiger charge is 2.32. The maximum absolute atomic E-state index is 10.9. The zero-order chi connectivity index (χ0) is 11.6. The standard InChI is InChI=1S/C13H20O2/c1-6-11-9(2)12(15-10(3)14)7-8-13(11,4)5/h6,12H,1,7-8H2,2-5H3/t12-/m1/s1. The number of allylic oxidation sites excluding steroid dienone is 2. The summed E-state index contributed by atoms with van der Waals surface area (Å²) in [6.07, 6.45) is 3.79. The molecule has 0 aromatic carbocycles. The van der Waals surface area contributed by atoms with E-state index in [1.165, 1.54) is 12.5 Å². The molecule has 0 amide bonds. The van der Waals surface area contributed by atoms with Crippen molar-refractivity contribution < 1.29 is 9.53 Å². The van der Waals surface area contributed by atoms with Crippen LogP contribution in [0.2, 0.25) is 0 Å². The normalized spacial score (nSPS) is 24.9. The van der Waals surface area contributed by atoms with E-state index in [1.807, 2.05) is 13.0 Å². The van der Waals surface area contributed by atoms with Crippen LogP contribution >= 0.6 is 0 Å². The van der Waals surface area contributed by atoms with Crippen LogP contribution in [0.3, 0.4) is 0 Å². The third-order valence-corrected chi connectivity index (χ3v) is 3.18. The number of hydrogen-bond acceptors (Lipinski definition) is 2. The number of rotatable bonds is 2. The SMILES string of the molecule is C=CC1=C(C)[C@H](OC(C)=O)CCC1(C)C. The molecule has 0 spiro atoms. The molecule has 0 aromatic rings. The molecular weight excluding hydrogens is 188 g/mol. The maximum atomic E-state index is 10.9. The van der Waals surface area contributed by atoms with Crippen molar-refractivity contribution in [3.8, 4) is 0 Å². The van der Waals surface area contributed by atoms with Crippen molar-refractivity contribution in [3.63, 3.8) is 0 Å². The van der Waals surface area contributed by atoms with Crippen molar-refractivity contribution in [3.05, 3.63) is 23.8 Å². The Bertz CT molecular complexity index is 310. The van der Waals surface area contributed by atoms with Crippen molar-refractivity contribution in [1.82, 2.24) is 0 Å². The minimum Gasteiger partial charge on any atom is -0.458 e. The zero-order valence-corrected chi connectivity index (χ0v) is 10.1. The maximum Gasteiger partial charge on any atom is 0.303 e. The molecule has 0 heterocycles. The minimum atomic E-state index is -0.206. The third kappa shape index (κ3) is 2.49. The predicted octanol–water partition coefficient (Wildman–Crippen LogP) is 3.24. The third-order valence-electron chi connectivity index (χ3n) is 3.18. The van der Waals surface area contributed by atoms with Crippen molar-refractivity contribution in [2.75, 3.05) is 0 Å². The fourth-order valence-corrected chi connectivity index (χ4v) is 2.34. The van der Waals surface area contributed by atoms with E-state index in [0.29, 0.717) is 0 Å². The zero-order valence-electron chi connectivity index (χ0n) is 10.1. The molecule has 0 fully saturated rings. The van der Waals surface area contributed by atoms with Crippen LogP contribution in [-0.4, -0.2) is 12.1 Å². The molecule has 2 nitrogen and oxygen atoms in total. The molecule has 0 radical (unpaired) electrons. The monoisotopic (exact) mass is 208 g/mol. The average Bonchev–Trinajstić information content (AvgIpc) is 2.10. The second-order valence-electron chi connectivity index (χ2n) is 4.82. The number of carbonyl (C=O) groups excluding carboxylic acids is 1. The van der Waals surface area contributed by atoms with E-state index in [0.717, 1.165) is 18.4 Å². The molecule has 0 saturated carbocycles. The highest BCUT2D eigenvalue weighted by atomic mass is 16.5. The molecule has 0 saturated heterocycles. The summed E-state index contributed by atoms with van der Waals surface area (Å²) in [7, 11) is 0. The predicted molar refractivity (Wildman–Crippen MR) is 61.5 cm³/mol. The Kier molecular flexibility index (Phi) is 3.38. The van der Waals surface area contributed by atoms with E-state index in [9.17, 15) is 4.79 Å². The summed E-state index contributed by atoms with van der Waals surface area (Å²) >= 11 is 0. The first-order chi connectivity index (χ1) is 6.88. The molecule has 1 atom stereocenters. The molecule has 1 rings (SSSR count). The van der Waals surface area contributed by atoms with Crippen LogP contribution in [0.4, 0.5) is 0 Å². The van der Waals surface area contributed by atoms with Gasteiger partial charge in [-0.1, -0.05) is 26.5 Å². The number of esters is 1. The van der Waals surface area contributed by atoms with E-state index < -0.39 is 0 Å². The Morgan fingerprint density at radius 1 is 1.60 bits per heavy atom. The summed E-state index contributed by atoms with van der Waals surface area (Å²) < 4.78 is 5.28. The molecule has 0 N–H and O–H groups in total. The van der Waals surface area contributed by atoms with Gasteiger partial charge in [0, 0.05) is 6.92 Å². The number of hydrogen-bond donors (Lipinski definition) is 0. The van der Waals surface area contributed by atoms with Gasteiger partial charge in [-0.15, -0.1) is 0 Å². The summed E-state index contributed by atoms with van der Waals surface area (Å²) in [5.41, 5.74) is 2.53. The van der Waals surface area contributed by atoms with Gasteiger partial charge in [0.25, 0.3) is 0 Å². The first kappa shape index (κ1) is 12.0. The summed E-state index contributed by atoms with van der Waals surface area (Å²) in [5, 5.41) is 0. The van der Waals surface area contributed by atoms with Gasteiger partial charge in [0.1, 0.15) is 6.10 Å². The average molecular weight is 208 g/mol. The van der Waals surface area contributed by atoms with Crippen LogP contribution in [0, 0.1) is 5.41 Å². The van der Waals surface area contributed by atoms with Gasteiger partial charge in [0.15, 0.2) is 0 Å². The molecule has 0 aromatic heterocycles. The van der Waals surface area contributed by atoms with Crippen molar-refractivity contribution in [1.29, 1.82) is 0 Å². The van der Waals surface area contributed by atoms with E-state index in [1.54, 1.807) is 0 Å². The van der Waals surface area contributed by atoms with Crippen molar-refractivity contribution in [2.45, 2.75) is 46.6 Å². The molecule has 1 aliphatic rings. The lowest BCUT2D eigenvalue weighted by molar-refractivity contribution is -0.145. The lowest BCUT2D eigenvalue weighted by atomic mass is 9.72. The Balaban J connectivity index is 2.99. The Morgan fingerprint density at radius 2 is 2.20 bits per heavy atom. The first-order valence-corrected chi connectivity index (χ1v) is 5.39. The second-order valence-corrected chi connectivity index (χ2v) is 4.82. The van der Waals surface area contributed by atoms with Gasteiger partial charge >= 0.3 is 5.97 Å². The highest BCUT2D eigenvalue weighted by Crippen LogP contribution is 2.41. The van der Waals surface area contributed by atoms with E-state index in [2.05, 4.69) is 20.4 Å². The van der Waals surface area contributed by atoms with Gasteiger partial charge in [-0.25, -0.2) is 0 Å². The summed E-state index contributed by atoms with van der Waals surface area (Å²) in [6.45, 7) is 11.7. The fourth-order valence-electron chi connectivity index (χ4n) is 2.34. The molecule has 2 heteroatoms. The van der Waals surface area contributed by atoms with Crippen LogP contribution in [0.15, 0.2) is 23.8 Å². The molecule has 84 valence electrons. The van der Waals surface area contributed by atoms with Crippen LogP contribution in [-0.2, 0) is 9.53 Å². The number of carbonyl (C=O) groups is 1. The van der Waals surface area contributed by atoms with E-state index in [4.69, 9.17) is 4.74 Å². The van der Waals surface area contributed by atoms with Gasteiger partial charge in [-0.05, 0) is 36.3 Å². The smallest absolute Gasteiger partial charge is 0.303 e. The summed E-state index contributed by atoms with van der Waals surface area (Å²) in [6, 6.07) is 0. The first-order valence-electron chi connectivity index (χ1n) is 5.39. The lowest BCUT2D eigenvalue weighted by Gasteiger charge is -2.36. The minimum absolute atomic E-state index is 0.0523. The molecular formula is C13H20O2. The van der Waals surface area contributed by atoms with Crippen LogP contribution < -0.4 is 0 Å².